The molecule has 2 aromatic rings. The highest BCUT2D eigenvalue weighted by Crippen LogP contribution is 2.41. The van der Waals surface area contributed by atoms with Gasteiger partial charge in [0.1, 0.15) is 5.37 Å². The van der Waals surface area contributed by atoms with Crippen LogP contribution < -0.4 is 0 Å². The number of hydrogen-bond acceptors (Lipinski definition) is 4. The average Bonchev–Trinajstić information content (AvgIpc) is 2.87. The minimum Gasteiger partial charge on any atom is -0.388 e. The van der Waals surface area contributed by atoms with Gasteiger partial charge in [-0.1, -0.05) is 17.7 Å². The predicted octanol–water partition coefficient (Wildman–Crippen LogP) is 1.60. The summed E-state index contributed by atoms with van der Waals surface area (Å²) in [7, 11) is -3.49. The molecule has 1 aromatic carbocycles. The number of aliphatic hydroxyl groups excluding tert-OH is 1. The number of imidazole rings is 1. The Balaban J connectivity index is 2.19. The van der Waals surface area contributed by atoms with Gasteiger partial charge in [-0.2, -0.15) is 0 Å². The van der Waals surface area contributed by atoms with E-state index >= 15 is 0 Å². The quantitative estimate of drug-likeness (QED) is 0.860. The van der Waals surface area contributed by atoms with Crippen molar-refractivity contribution in [3.63, 3.8) is 0 Å². The molecule has 2 unspecified atom stereocenters. The van der Waals surface area contributed by atoms with Crippen molar-refractivity contribution in [3.8, 4) is 0 Å². The number of hydrogen-bond donors (Lipinski definition) is 1. The van der Waals surface area contributed by atoms with Crippen molar-refractivity contribution in [2.75, 3.05) is 0 Å². The molecule has 19 heavy (non-hydrogen) atoms. The normalized spacial score (nSPS) is 24.9. The number of rotatable bonds is 1. The van der Waals surface area contributed by atoms with Crippen molar-refractivity contribution < 1.29 is 13.5 Å². The molecule has 2 atom stereocenters. The fourth-order valence-corrected chi connectivity index (χ4v) is 4.46. The SMILES string of the molecule is Cc1ccc2c(c1)C(O)CC(n1ccnc1)S2(=O)=O. The van der Waals surface area contributed by atoms with E-state index in [-0.39, 0.29) is 11.3 Å². The molecule has 0 radical (unpaired) electrons. The molecule has 0 aliphatic carbocycles. The van der Waals surface area contributed by atoms with E-state index in [0.717, 1.165) is 5.56 Å². The molecule has 0 fully saturated rings. The molecule has 1 N–H and O–H groups in total. The van der Waals surface area contributed by atoms with E-state index in [4.69, 9.17) is 0 Å². The Labute approximate surface area is 111 Å². The molecule has 1 aliphatic heterocycles. The van der Waals surface area contributed by atoms with Crippen molar-refractivity contribution in [2.24, 2.45) is 0 Å². The lowest BCUT2D eigenvalue weighted by Crippen LogP contribution is -2.27. The maximum absolute atomic E-state index is 12.6. The maximum atomic E-state index is 12.6. The zero-order chi connectivity index (χ0) is 13.6. The van der Waals surface area contributed by atoms with E-state index in [1.165, 1.54) is 17.1 Å². The zero-order valence-electron chi connectivity index (χ0n) is 10.4. The molecule has 1 aliphatic rings. The van der Waals surface area contributed by atoms with Crippen LogP contribution >= 0.6 is 0 Å². The first kappa shape index (κ1) is 12.4. The molecule has 2 heterocycles. The van der Waals surface area contributed by atoms with Gasteiger partial charge >= 0.3 is 0 Å². The first-order chi connectivity index (χ1) is 9.00. The van der Waals surface area contributed by atoms with Gasteiger partial charge in [0.2, 0.25) is 0 Å². The van der Waals surface area contributed by atoms with Crippen LogP contribution in [0, 0.1) is 6.92 Å². The predicted molar refractivity (Wildman–Crippen MR) is 69.2 cm³/mol. The van der Waals surface area contributed by atoms with Gasteiger partial charge in [-0.3, -0.25) is 0 Å². The number of benzene rings is 1. The van der Waals surface area contributed by atoms with E-state index < -0.39 is 21.3 Å². The van der Waals surface area contributed by atoms with Crippen molar-refractivity contribution >= 4 is 9.84 Å². The minimum absolute atomic E-state index is 0.148. The van der Waals surface area contributed by atoms with Gasteiger partial charge in [-0.05, 0) is 18.6 Å². The van der Waals surface area contributed by atoms with Crippen molar-refractivity contribution in [1.82, 2.24) is 9.55 Å². The average molecular weight is 278 g/mol. The smallest absolute Gasteiger partial charge is 0.200 e. The van der Waals surface area contributed by atoms with Crippen molar-refractivity contribution in [1.29, 1.82) is 0 Å². The first-order valence-corrected chi connectivity index (χ1v) is 7.55. The molecule has 0 spiro atoms. The Morgan fingerprint density at radius 3 is 2.89 bits per heavy atom. The molecule has 1 aromatic heterocycles. The van der Waals surface area contributed by atoms with E-state index in [1.54, 1.807) is 24.4 Å². The Hall–Kier alpha value is -1.66. The van der Waals surface area contributed by atoms with Crippen LogP contribution in [-0.2, 0) is 9.84 Å². The number of aryl methyl sites for hydroxylation is 1. The van der Waals surface area contributed by atoms with Gasteiger partial charge in [-0.25, -0.2) is 13.4 Å². The third kappa shape index (κ3) is 1.87. The standard InChI is InChI=1S/C13H14N2O3S/c1-9-2-3-12-10(6-9)11(16)7-13(19(12,17)18)15-5-4-14-8-15/h2-6,8,11,13,16H,7H2,1H3. The topological polar surface area (TPSA) is 72.2 Å². The highest BCUT2D eigenvalue weighted by Gasteiger charge is 2.39. The summed E-state index contributed by atoms with van der Waals surface area (Å²) in [4.78, 5) is 4.09. The van der Waals surface area contributed by atoms with Crippen LogP contribution in [0.15, 0.2) is 41.8 Å². The highest BCUT2D eigenvalue weighted by atomic mass is 32.2. The highest BCUT2D eigenvalue weighted by molar-refractivity contribution is 7.91. The summed E-state index contributed by atoms with van der Waals surface area (Å²) in [6, 6.07) is 5.06. The van der Waals surface area contributed by atoms with Crippen LogP contribution in [0.5, 0.6) is 0 Å². The van der Waals surface area contributed by atoms with Gasteiger partial charge in [0.05, 0.1) is 17.3 Å². The second-order valence-electron chi connectivity index (χ2n) is 4.80. The van der Waals surface area contributed by atoms with E-state index in [2.05, 4.69) is 4.98 Å². The lowest BCUT2D eigenvalue weighted by molar-refractivity contribution is 0.150. The molecule has 5 nitrogen and oxygen atoms in total. The summed E-state index contributed by atoms with van der Waals surface area (Å²) in [6.07, 6.45) is 3.98. The first-order valence-electron chi connectivity index (χ1n) is 6.00. The summed E-state index contributed by atoms with van der Waals surface area (Å²) in [5.74, 6) is 0. The summed E-state index contributed by atoms with van der Waals surface area (Å²) < 4.78 is 26.7. The van der Waals surface area contributed by atoms with Crippen LogP contribution in [0.4, 0.5) is 0 Å². The second kappa shape index (κ2) is 4.18. The summed E-state index contributed by atoms with van der Waals surface area (Å²) in [5.41, 5.74) is 1.44. The van der Waals surface area contributed by atoms with Gasteiger partial charge in [0.15, 0.2) is 9.84 Å². The molecule has 0 saturated heterocycles. The zero-order valence-corrected chi connectivity index (χ0v) is 11.2. The summed E-state index contributed by atoms with van der Waals surface area (Å²) in [6.45, 7) is 1.88. The number of sulfone groups is 1. The van der Waals surface area contributed by atoms with Crippen molar-refractivity contribution in [3.05, 3.63) is 48.0 Å². The van der Waals surface area contributed by atoms with Gasteiger partial charge in [-0.15, -0.1) is 0 Å². The van der Waals surface area contributed by atoms with Gasteiger partial charge < -0.3 is 9.67 Å². The van der Waals surface area contributed by atoms with E-state index in [9.17, 15) is 13.5 Å². The second-order valence-corrected chi connectivity index (χ2v) is 6.88. The van der Waals surface area contributed by atoms with E-state index in [1.807, 2.05) is 6.92 Å². The summed E-state index contributed by atoms with van der Waals surface area (Å²) in [5, 5.41) is 9.40. The molecule has 0 amide bonds. The molecule has 100 valence electrons. The Morgan fingerprint density at radius 2 is 2.21 bits per heavy atom. The van der Waals surface area contributed by atoms with Crippen LogP contribution in [0.1, 0.15) is 29.0 Å². The van der Waals surface area contributed by atoms with Gasteiger partial charge in [0.25, 0.3) is 0 Å². The van der Waals surface area contributed by atoms with Crippen LogP contribution in [0.3, 0.4) is 0 Å². The van der Waals surface area contributed by atoms with Crippen molar-refractivity contribution in [2.45, 2.75) is 29.7 Å². The lowest BCUT2D eigenvalue weighted by atomic mass is 10.0. The minimum atomic E-state index is -3.49. The maximum Gasteiger partial charge on any atom is 0.200 e. The van der Waals surface area contributed by atoms with Crippen LogP contribution in [-0.4, -0.2) is 23.1 Å². The Morgan fingerprint density at radius 1 is 1.42 bits per heavy atom. The Bertz CT molecular complexity index is 707. The monoisotopic (exact) mass is 278 g/mol. The molecule has 0 saturated carbocycles. The third-order valence-corrected chi connectivity index (χ3v) is 5.61. The van der Waals surface area contributed by atoms with Crippen LogP contribution in [0.25, 0.3) is 0 Å². The number of aliphatic hydroxyl groups is 1. The van der Waals surface area contributed by atoms with E-state index in [0.29, 0.717) is 5.56 Å². The van der Waals surface area contributed by atoms with Gasteiger partial charge in [0, 0.05) is 18.8 Å². The molecular formula is C13H14N2O3S. The molecule has 3 rings (SSSR count). The molecule has 0 bridgehead atoms. The third-order valence-electron chi connectivity index (χ3n) is 3.47. The summed E-state index contributed by atoms with van der Waals surface area (Å²) >= 11 is 0. The van der Waals surface area contributed by atoms with Crippen LogP contribution in [0.2, 0.25) is 0 Å². The Kier molecular flexibility index (Phi) is 2.72. The number of fused-ring (bicyclic) bond motifs is 1. The molecular weight excluding hydrogens is 264 g/mol. The number of nitrogens with zero attached hydrogens (tertiary/aromatic N) is 2. The fraction of sp³-hybridized carbons (Fsp3) is 0.308. The fourth-order valence-electron chi connectivity index (χ4n) is 2.50. The number of aromatic nitrogens is 2. The largest absolute Gasteiger partial charge is 0.388 e. The molecule has 6 heteroatoms. The lowest BCUT2D eigenvalue weighted by Gasteiger charge is -2.29.